The Morgan fingerprint density at radius 1 is 1.05 bits per heavy atom. The predicted molar refractivity (Wildman–Crippen MR) is 72.0 cm³/mol. The van der Waals surface area contributed by atoms with Gasteiger partial charge < -0.3 is 4.74 Å². The van der Waals surface area contributed by atoms with Crippen molar-refractivity contribution in [1.29, 1.82) is 0 Å². The van der Waals surface area contributed by atoms with Crippen molar-refractivity contribution in [1.82, 2.24) is 0 Å². The third kappa shape index (κ3) is 4.08. The number of carbonyl (C=O) groups is 1. The van der Waals surface area contributed by atoms with Crippen molar-refractivity contribution in [3.05, 3.63) is 65.2 Å². The fourth-order valence-corrected chi connectivity index (χ4v) is 1.82. The number of aryl methyl sites for hydroxylation is 1. The molecule has 5 heteroatoms. The number of halogens is 3. The van der Waals surface area contributed by atoms with Gasteiger partial charge in [0.1, 0.15) is 5.75 Å². The summed E-state index contributed by atoms with van der Waals surface area (Å²) in [7, 11) is 0. The van der Waals surface area contributed by atoms with Crippen LogP contribution in [0, 0.1) is 6.92 Å². The standard InChI is InChI=1S/C16H13F3O2/c1-11-6-8-12(9-7-11)10-15(20)21-14-5-3-2-4-13(14)16(17,18)19/h2-9H,10H2,1H3. The van der Waals surface area contributed by atoms with Crippen LogP contribution in [0.25, 0.3) is 0 Å². The molecule has 2 rings (SSSR count). The maximum Gasteiger partial charge on any atom is 0.419 e. The lowest BCUT2D eigenvalue weighted by molar-refractivity contribution is -0.142. The normalized spacial score (nSPS) is 11.2. The van der Waals surface area contributed by atoms with Crippen LogP contribution in [-0.4, -0.2) is 5.97 Å². The third-order valence-corrected chi connectivity index (χ3v) is 2.89. The van der Waals surface area contributed by atoms with E-state index in [0.717, 1.165) is 17.7 Å². The number of hydrogen-bond acceptors (Lipinski definition) is 2. The Kier molecular flexibility index (Phi) is 4.31. The monoisotopic (exact) mass is 294 g/mol. The first-order valence-electron chi connectivity index (χ1n) is 6.29. The van der Waals surface area contributed by atoms with E-state index < -0.39 is 23.5 Å². The van der Waals surface area contributed by atoms with Crippen LogP contribution in [0.1, 0.15) is 16.7 Å². The van der Waals surface area contributed by atoms with E-state index in [4.69, 9.17) is 4.74 Å². The fourth-order valence-electron chi connectivity index (χ4n) is 1.82. The quantitative estimate of drug-likeness (QED) is 0.627. The number of alkyl halides is 3. The highest BCUT2D eigenvalue weighted by molar-refractivity contribution is 5.75. The van der Waals surface area contributed by atoms with E-state index in [1.54, 1.807) is 12.1 Å². The van der Waals surface area contributed by atoms with Gasteiger partial charge in [-0.25, -0.2) is 0 Å². The summed E-state index contributed by atoms with van der Waals surface area (Å²) < 4.78 is 43.2. The van der Waals surface area contributed by atoms with Crippen LogP contribution >= 0.6 is 0 Å². The maximum atomic E-state index is 12.8. The van der Waals surface area contributed by atoms with Crippen molar-refractivity contribution in [3.63, 3.8) is 0 Å². The zero-order valence-electron chi connectivity index (χ0n) is 11.3. The average Bonchev–Trinajstić information content (AvgIpc) is 2.41. The van der Waals surface area contributed by atoms with E-state index >= 15 is 0 Å². The molecule has 2 nitrogen and oxygen atoms in total. The van der Waals surface area contributed by atoms with E-state index in [-0.39, 0.29) is 6.42 Å². The minimum atomic E-state index is -4.55. The van der Waals surface area contributed by atoms with Crippen molar-refractivity contribution in [2.75, 3.05) is 0 Å². The Morgan fingerprint density at radius 2 is 1.67 bits per heavy atom. The molecule has 2 aromatic carbocycles. The molecule has 0 radical (unpaired) electrons. The lowest BCUT2D eigenvalue weighted by Gasteiger charge is -2.12. The number of hydrogen-bond donors (Lipinski definition) is 0. The summed E-state index contributed by atoms with van der Waals surface area (Å²) >= 11 is 0. The van der Waals surface area contributed by atoms with Gasteiger partial charge in [0.05, 0.1) is 12.0 Å². The van der Waals surface area contributed by atoms with Gasteiger partial charge in [-0.1, -0.05) is 42.0 Å². The van der Waals surface area contributed by atoms with Crippen molar-refractivity contribution in [3.8, 4) is 5.75 Å². The average molecular weight is 294 g/mol. The highest BCUT2D eigenvalue weighted by atomic mass is 19.4. The van der Waals surface area contributed by atoms with Gasteiger partial charge in [-0.3, -0.25) is 4.79 Å². The largest absolute Gasteiger partial charge is 0.426 e. The van der Waals surface area contributed by atoms with Crippen LogP contribution in [0.4, 0.5) is 13.2 Å². The molecule has 110 valence electrons. The smallest absolute Gasteiger partial charge is 0.419 e. The van der Waals surface area contributed by atoms with E-state index in [9.17, 15) is 18.0 Å². The molecule has 0 bridgehead atoms. The summed E-state index contributed by atoms with van der Waals surface area (Å²) in [6, 6.07) is 11.8. The van der Waals surface area contributed by atoms with Gasteiger partial charge in [0.25, 0.3) is 0 Å². The summed E-state index contributed by atoms with van der Waals surface area (Å²) in [5.74, 6) is -1.20. The molecule has 0 unspecified atom stereocenters. The van der Waals surface area contributed by atoms with E-state index in [1.807, 2.05) is 19.1 Å². The molecule has 0 aliphatic carbocycles. The van der Waals surface area contributed by atoms with E-state index in [1.165, 1.54) is 12.1 Å². The van der Waals surface area contributed by atoms with Crippen LogP contribution in [0.3, 0.4) is 0 Å². The Labute approximate surface area is 120 Å². The summed E-state index contributed by atoms with van der Waals surface area (Å²) in [6.45, 7) is 1.90. The fraction of sp³-hybridized carbons (Fsp3) is 0.188. The minimum absolute atomic E-state index is 0.0769. The highest BCUT2D eigenvalue weighted by Crippen LogP contribution is 2.35. The second-order valence-corrected chi connectivity index (χ2v) is 4.63. The first-order chi connectivity index (χ1) is 9.86. The number of esters is 1. The minimum Gasteiger partial charge on any atom is -0.426 e. The van der Waals surface area contributed by atoms with Crippen LogP contribution < -0.4 is 4.74 Å². The van der Waals surface area contributed by atoms with Crippen LogP contribution in [0.15, 0.2) is 48.5 Å². The Morgan fingerprint density at radius 3 is 2.29 bits per heavy atom. The SMILES string of the molecule is Cc1ccc(CC(=O)Oc2ccccc2C(F)(F)F)cc1. The Bertz CT molecular complexity index is 631. The predicted octanol–water partition coefficient (Wildman–Crippen LogP) is 4.16. The molecule has 21 heavy (non-hydrogen) atoms. The van der Waals surface area contributed by atoms with E-state index in [2.05, 4.69) is 0 Å². The first kappa shape index (κ1) is 15.1. The number of ether oxygens (including phenoxy) is 1. The lowest BCUT2D eigenvalue weighted by atomic mass is 10.1. The molecular weight excluding hydrogens is 281 g/mol. The van der Waals surface area contributed by atoms with Crippen molar-refractivity contribution < 1.29 is 22.7 Å². The summed E-state index contributed by atoms with van der Waals surface area (Å²) in [5.41, 5.74) is 0.770. The molecule has 0 aromatic heterocycles. The molecule has 0 spiro atoms. The molecule has 0 N–H and O–H groups in total. The zero-order valence-corrected chi connectivity index (χ0v) is 11.3. The van der Waals surface area contributed by atoms with Crippen molar-refractivity contribution in [2.24, 2.45) is 0 Å². The molecule has 2 aromatic rings. The van der Waals surface area contributed by atoms with Gasteiger partial charge in [-0.15, -0.1) is 0 Å². The van der Waals surface area contributed by atoms with Gasteiger partial charge in [0.15, 0.2) is 0 Å². The molecule has 0 atom stereocenters. The molecule has 0 aliphatic heterocycles. The number of carbonyl (C=O) groups excluding carboxylic acids is 1. The second kappa shape index (κ2) is 5.99. The summed E-state index contributed by atoms with van der Waals surface area (Å²) in [5, 5.41) is 0. The number of para-hydroxylation sites is 1. The molecule has 0 saturated carbocycles. The van der Waals surface area contributed by atoms with Crippen LogP contribution in [-0.2, 0) is 17.4 Å². The zero-order chi connectivity index (χ0) is 15.5. The third-order valence-electron chi connectivity index (χ3n) is 2.89. The van der Waals surface area contributed by atoms with Gasteiger partial charge in [-0.2, -0.15) is 13.2 Å². The summed E-state index contributed by atoms with van der Waals surface area (Å²) in [6.07, 6.45) is -4.63. The van der Waals surface area contributed by atoms with Crippen molar-refractivity contribution >= 4 is 5.97 Å². The molecule has 0 fully saturated rings. The number of rotatable bonds is 3. The molecule has 0 aliphatic rings. The second-order valence-electron chi connectivity index (χ2n) is 4.63. The Balaban J connectivity index is 2.11. The Hall–Kier alpha value is -2.30. The molecule has 0 heterocycles. The van der Waals surface area contributed by atoms with Crippen molar-refractivity contribution in [2.45, 2.75) is 19.5 Å². The topological polar surface area (TPSA) is 26.3 Å². The van der Waals surface area contributed by atoms with Gasteiger partial charge in [0, 0.05) is 0 Å². The molecule has 0 amide bonds. The lowest BCUT2D eigenvalue weighted by Crippen LogP contribution is -2.15. The van der Waals surface area contributed by atoms with Gasteiger partial charge in [0.2, 0.25) is 0 Å². The van der Waals surface area contributed by atoms with E-state index in [0.29, 0.717) is 5.56 Å². The first-order valence-corrected chi connectivity index (χ1v) is 6.29. The van der Waals surface area contributed by atoms with Crippen LogP contribution in [0.5, 0.6) is 5.75 Å². The molecular formula is C16H13F3O2. The summed E-state index contributed by atoms with van der Waals surface area (Å²) in [4.78, 5) is 11.8. The maximum absolute atomic E-state index is 12.8. The van der Waals surface area contributed by atoms with Gasteiger partial charge >= 0.3 is 12.1 Å². The number of benzene rings is 2. The van der Waals surface area contributed by atoms with Crippen LogP contribution in [0.2, 0.25) is 0 Å². The highest BCUT2D eigenvalue weighted by Gasteiger charge is 2.34. The van der Waals surface area contributed by atoms with Gasteiger partial charge in [-0.05, 0) is 24.6 Å². The molecule has 0 saturated heterocycles.